The molecule has 4 heterocycles. The molecule has 2 aliphatic heterocycles. The summed E-state index contributed by atoms with van der Waals surface area (Å²) in [7, 11) is 3.37. The number of hydrogen-bond acceptors (Lipinski definition) is 9. The molecule has 0 spiro atoms. The molecule has 0 aliphatic carbocycles. The van der Waals surface area contributed by atoms with Crippen molar-refractivity contribution < 1.29 is 9.47 Å². The van der Waals surface area contributed by atoms with Crippen LogP contribution in [0.1, 0.15) is 31.4 Å². The quantitative estimate of drug-likeness (QED) is 0.205. The summed E-state index contributed by atoms with van der Waals surface area (Å²) in [5, 5.41) is 2.86. The summed E-state index contributed by atoms with van der Waals surface area (Å²) in [5.74, 6) is 3.30. The van der Waals surface area contributed by atoms with Crippen molar-refractivity contribution in [2.75, 3.05) is 61.6 Å². The third-order valence-electron chi connectivity index (χ3n) is 7.98. The Bertz CT molecular complexity index is 1740. The van der Waals surface area contributed by atoms with Gasteiger partial charge in [-0.15, -0.1) is 0 Å². The second-order valence-corrected chi connectivity index (χ2v) is 11.9. The third kappa shape index (κ3) is 5.88. The van der Waals surface area contributed by atoms with Crippen LogP contribution in [0.5, 0.6) is 11.5 Å². The van der Waals surface area contributed by atoms with Crippen LogP contribution in [0.25, 0.3) is 21.1 Å². The third-order valence-corrected chi connectivity index (χ3v) is 9.29. The van der Waals surface area contributed by atoms with E-state index in [-0.39, 0.29) is 0 Å². The van der Waals surface area contributed by atoms with Gasteiger partial charge in [0.25, 0.3) is 0 Å². The lowest BCUT2D eigenvalue weighted by atomic mass is 9.98. The van der Waals surface area contributed by atoms with Gasteiger partial charge in [0.2, 0.25) is 5.95 Å². The van der Waals surface area contributed by atoms with E-state index in [9.17, 15) is 0 Å². The highest BCUT2D eigenvalue weighted by Gasteiger charge is 2.25. The molecule has 7 rings (SSSR count). The molecular formula is C33H37ClN6O2S. The number of nitrogens with zero attached hydrogens (tertiary/aromatic N) is 6. The number of para-hydroxylation sites is 1. The number of aromatic nitrogens is 3. The molecule has 224 valence electrons. The largest absolute Gasteiger partial charge is 0.493 e. The van der Waals surface area contributed by atoms with Crippen molar-refractivity contribution in [1.82, 2.24) is 15.0 Å². The molecule has 0 saturated carbocycles. The van der Waals surface area contributed by atoms with Gasteiger partial charge in [-0.05, 0) is 66.4 Å². The average molecular weight is 617 g/mol. The van der Waals surface area contributed by atoms with Crippen molar-refractivity contribution in [2.45, 2.75) is 33.2 Å². The van der Waals surface area contributed by atoms with Crippen LogP contribution in [-0.4, -0.2) is 61.9 Å². The zero-order valence-corrected chi connectivity index (χ0v) is 26.7. The van der Waals surface area contributed by atoms with E-state index in [1.54, 1.807) is 25.6 Å². The summed E-state index contributed by atoms with van der Waals surface area (Å²) in [6, 6.07) is 18.4. The molecule has 0 atom stereocenters. The lowest BCUT2D eigenvalue weighted by Crippen LogP contribution is -2.34. The predicted molar refractivity (Wildman–Crippen MR) is 179 cm³/mol. The summed E-state index contributed by atoms with van der Waals surface area (Å²) in [6.07, 6.45) is 1.91. The predicted octanol–water partition coefficient (Wildman–Crippen LogP) is 7.22. The SMILES string of the molecule is CC.COc1cc2c(cc1OC)CN(c1nc(N3CCCN(c4nc5ccc(Cl)cc5s4)CC3)nc3ccccc13)CC2. The van der Waals surface area contributed by atoms with E-state index < -0.39 is 0 Å². The van der Waals surface area contributed by atoms with Gasteiger partial charge in [-0.1, -0.05) is 48.9 Å². The van der Waals surface area contributed by atoms with Gasteiger partial charge < -0.3 is 24.2 Å². The number of fused-ring (bicyclic) bond motifs is 3. The Balaban J connectivity index is 0.00000161. The van der Waals surface area contributed by atoms with E-state index >= 15 is 0 Å². The first-order chi connectivity index (χ1) is 21.1. The van der Waals surface area contributed by atoms with E-state index in [4.69, 9.17) is 36.0 Å². The van der Waals surface area contributed by atoms with Gasteiger partial charge in [0, 0.05) is 49.7 Å². The average Bonchev–Trinajstić information content (AvgIpc) is 3.31. The molecule has 43 heavy (non-hydrogen) atoms. The fraction of sp³-hybridized carbons (Fsp3) is 0.364. The topological polar surface area (TPSA) is 66.9 Å². The molecule has 0 amide bonds. The molecule has 2 aromatic heterocycles. The highest BCUT2D eigenvalue weighted by Crippen LogP contribution is 2.36. The molecule has 0 radical (unpaired) electrons. The summed E-state index contributed by atoms with van der Waals surface area (Å²) >= 11 is 7.92. The van der Waals surface area contributed by atoms with Crippen molar-refractivity contribution in [3.8, 4) is 11.5 Å². The number of anilines is 3. The molecule has 2 aliphatic rings. The number of halogens is 1. The van der Waals surface area contributed by atoms with Crippen LogP contribution in [0.2, 0.25) is 5.02 Å². The first-order valence-corrected chi connectivity index (χ1v) is 16.1. The normalized spacial score (nSPS) is 15.1. The summed E-state index contributed by atoms with van der Waals surface area (Å²) in [6.45, 7) is 9.15. The lowest BCUT2D eigenvalue weighted by Gasteiger charge is -2.32. The monoisotopic (exact) mass is 616 g/mol. The molecule has 8 nitrogen and oxygen atoms in total. The van der Waals surface area contributed by atoms with Gasteiger partial charge in [0.15, 0.2) is 16.6 Å². The summed E-state index contributed by atoms with van der Waals surface area (Å²) < 4.78 is 12.3. The van der Waals surface area contributed by atoms with Crippen LogP contribution < -0.4 is 24.2 Å². The van der Waals surface area contributed by atoms with E-state index in [1.165, 1.54) is 11.1 Å². The Morgan fingerprint density at radius 3 is 2.30 bits per heavy atom. The first-order valence-electron chi connectivity index (χ1n) is 14.9. The van der Waals surface area contributed by atoms with Crippen LogP contribution in [0.3, 0.4) is 0 Å². The van der Waals surface area contributed by atoms with Crippen molar-refractivity contribution in [3.05, 3.63) is 70.7 Å². The Morgan fingerprint density at radius 1 is 0.744 bits per heavy atom. The second kappa shape index (κ2) is 12.8. The zero-order chi connectivity index (χ0) is 29.9. The molecule has 0 N–H and O–H groups in total. The minimum absolute atomic E-state index is 0.745. The van der Waals surface area contributed by atoms with E-state index in [0.717, 1.165) is 107 Å². The van der Waals surface area contributed by atoms with Gasteiger partial charge >= 0.3 is 0 Å². The van der Waals surface area contributed by atoms with Crippen molar-refractivity contribution >= 4 is 61.0 Å². The van der Waals surface area contributed by atoms with Crippen LogP contribution in [0.4, 0.5) is 16.9 Å². The van der Waals surface area contributed by atoms with Gasteiger partial charge in [-0.25, -0.2) is 9.97 Å². The van der Waals surface area contributed by atoms with Crippen molar-refractivity contribution in [2.24, 2.45) is 0 Å². The minimum atomic E-state index is 0.745. The zero-order valence-electron chi connectivity index (χ0n) is 25.1. The number of thiazole rings is 1. The van der Waals surface area contributed by atoms with Crippen LogP contribution in [0.15, 0.2) is 54.6 Å². The molecular weight excluding hydrogens is 580 g/mol. The maximum absolute atomic E-state index is 6.22. The highest BCUT2D eigenvalue weighted by molar-refractivity contribution is 7.22. The molecule has 5 aromatic rings. The van der Waals surface area contributed by atoms with Gasteiger partial charge in [0.05, 0.1) is 30.0 Å². The molecule has 1 fully saturated rings. The van der Waals surface area contributed by atoms with E-state index in [0.29, 0.717) is 0 Å². The number of rotatable bonds is 5. The molecule has 0 unspecified atom stereocenters. The number of methoxy groups -OCH3 is 2. The number of benzene rings is 3. The molecule has 3 aromatic carbocycles. The Labute approximate surface area is 261 Å². The maximum Gasteiger partial charge on any atom is 0.227 e. The van der Waals surface area contributed by atoms with Crippen molar-refractivity contribution in [3.63, 3.8) is 0 Å². The minimum Gasteiger partial charge on any atom is -0.493 e. The summed E-state index contributed by atoms with van der Waals surface area (Å²) in [5.41, 5.74) is 4.50. The first kappa shape index (κ1) is 29.3. The smallest absolute Gasteiger partial charge is 0.227 e. The van der Waals surface area contributed by atoms with Crippen LogP contribution >= 0.6 is 22.9 Å². The fourth-order valence-electron chi connectivity index (χ4n) is 5.82. The highest BCUT2D eigenvalue weighted by atomic mass is 35.5. The second-order valence-electron chi connectivity index (χ2n) is 10.4. The van der Waals surface area contributed by atoms with E-state index in [2.05, 4.69) is 51.1 Å². The van der Waals surface area contributed by atoms with Gasteiger partial charge in [-0.3, -0.25) is 0 Å². The summed E-state index contributed by atoms with van der Waals surface area (Å²) in [4.78, 5) is 22.2. The fourth-order valence-corrected chi connectivity index (χ4v) is 7.12. The van der Waals surface area contributed by atoms with Crippen LogP contribution in [0, 0.1) is 0 Å². The Kier molecular flexibility index (Phi) is 8.72. The van der Waals surface area contributed by atoms with E-state index in [1.807, 2.05) is 32.0 Å². The molecule has 0 bridgehead atoms. The van der Waals surface area contributed by atoms with Crippen LogP contribution in [-0.2, 0) is 13.0 Å². The Morgan fingerprint density at radius 2 is 1.49 bits per heavy atom. The standard InChI is InChI=1S/C31H31ClN6O2S.C2H6/c1-39-26-16-20-10-13-38(19-21(20)17-27(26)40-2)29-23-6-3-4-7-24(23)33-30(35-29)36-11-5-12-37(15-14-36)31-34-25-9-8-22(32)18-28(25)41-31;1-2/h3-4,6-9,16-18H,5,10-15,19H2,1-2H3;1-2H3. The molecule has 10 heteroatoms. The number of hydrogen-bond donors (Lipinski definition) is 0. The maximum atomic E-state index is 6.22. The Hall–Kier alpha value is -3.82. The lowest BCUT2D eigenvalue weighted by molar-refractivity contribution is 0.353. The number of ether oxygens (including phenoxy) is 2. The van der Waals surface area contributed by atoms with Crippen molar-refractivity contribution in [1.29, 1.82) is 0 Å². The van der Waals surface area contributed by atoms with Gasteiger partial charge in [-0.2, -0.15) is 4.98 Å². The molecule has 1 saturated heterocycles. The van der Waals surface area contributed by atoms with Gasteiger partial charge in [0.1, 0.15) is 5.82 Å².